The number of hydrogen-bond donors (Lipinski definition) is 2. The van der Waals surface area contributed by atoms with E-state index in [1.165, 1.54) is 6.08 Å². The standard InChI is InChI=1S/C10H12N2O.ClH/c1-2-10(13)12-7-8-3-5-9(11)6-4-8;/h2-6H,1,7,11H2,(H,12,13);1H. The number of carbonyl (C=O) groups is 1. The second-order valence-electron chi connectivity index (χ2n) is 2.66. The van der Waals surface area contributed by atoms with Crippen molar-refractivity contribution in [2.24, 2.45) is 0 Å². The van der Waals surface area contributed by atoms with Crippen molar-refractivity contribution in [3.05, 3.63) is 42.5 Å². The SMILES string of the molecule is C=CC(=O)NCc1ccc(N)cc1.Cl. The summed E-state index contributed by atoms with van der Waals surface area (Å²) < 4.78 is 0. The average molecular weight is 213 g/mol. The Morgan fingerprint density at radius 1 is 1.43 bits per heavy atom. The van der Waals surface area contributed by atoms with Gasteiger partial charge < -0.3 is 11.1 Å². The Labute approximate surface area is 89.4 Å². The summed E-state index contributed by atoms with van der Waals surface area (Å²) >= 11 is 0. The van der Waals surface area contributed by atoms with Gasteiger partial charge in [-0.2, -0.15) is 0 Å². The highest BCUT2D eigenvalue weighted by molar-refractivity contribution is 5.86. The lowest BCUT2D eigenvalue weighted by Crippen LogP contribution is -2.19. The number of amides is 1. The van der Waals surface area contributed by atoms with Crippen molar-refractivity contribution in [2.45, 2.75) is 6.54 Å². The number of carbonyl (C=O) groups excluding carboxylic acids is 1. The van der Waals surface area contributed by atoms with Gasteiger partial charge in [-0.1, -0.05) is 18.7 Å². The Bertz CT molecular complexity index is 308. The van der Waals surface area contributed by atoms with Crippen LogP contribution in [0.5, 0.6) is 0 Å². The summed E-state index contributed by atoms with van der Waals surface area (Å²) in [5.74, 6) is -0.170. The predicted octanol–water partition coefficient (Wildman–Crippen LogP) is 1.49. The van der Waals surface area contributed by atoms with Crippen molar-refractivity contribution < 1.29 is 4.79 Å². The highest BCUT2D eigenvalue weighted by atomic mass is 35.5. The van der Waals surface area contributed by atoms with Crippen LogP contribution in [0.4, 0.5) is 5.69 Å². The summed E-state index contributed by atoms with van der Waals surface area (Å²) in [6.45, 7) is 3.86. The molecule has 3 N–H and O–H groups in total. The van der Waals surface area contributed by atoms with Crippen LogP contribution in [-0.4, -0.2) is 5.91 Å². The number of nitrogens with one attached hydrogen (secondary N) is 1. The minimum atomic E-state index is -0.170. The number of rotatable bonds is 3. The number of halogens is 1. The zero-order chi connectivity index (χ0) is 9.68. The molecule has 1 aromatic carbocycles. The molecule has 0 heterocycles. The number of nitrogens with two attached hydrogens (primary N) is 1. The lowest BCUT2D eigenvalue weighted by atomic mass is 10.2. The Balaban J connectivity index is 0.00000169. The second kappa shape index (κ2) is 6.05. The Hall–Kier alpha value is -1.48. The van der Waals surface area contributed by atoms with Gasteiger partial charge in [0.2, 0.25) is 5.91 Å². The van der Waals surface area contributed by atoms with Crippen LogP contribution >= 0.6 is 12.4 Å². The highest BCUT2D eigenvalue weighted by Crippen LogP contribution is 2.04. The zero-order valence-electron chi connectivity index (χ0n) is 7.69. The number of hydrogen-bond acceptors (Lipinski definition) is 2. The molecule has 0 atom stereocenters. The smallest absolute Gasteiger partial charge is 0.243 e. The van der Waals surface area contributed by atoms with E-state index in [0.29, 0.717) is 6.54 Å². The molecule has 0 bridgehead atoms. The van der Waals surface area contributed by atoms with Crippen LogP contribution < -0.4 is 11.1 Å². The van der Waals surface area contributed by atoms with Crippen molar-refractivity contribution >= 4 is 24.0 Å². The Morgan fingerprint density at radius 2 is 2.00 bits per heavy atom. The fraction of sp³-hybridized carbons (Fsp3) is 0.100. The molecule has 0 unspecified atom stereocenters. The van der Waals surface area contributed by atoms with Gasteiger partial charge in [0.05, 0.1) is 0 Å². The van der Waals surface area contributed by atoms with Crippen LogP contribution in [0.25, 0.3) is 0 Å². The Morgan fingerprint density at radius 3 is 2.50 bits per heavy atom. The quantitative estimate of drug-likeness (QED) is 0.589. The first-order valence-electron chi connectivity index (χ1n) is 3.97. The number of nitrogen functional groups attached to an aromatic ring is 1. The van der Waals surface area contributed by atoms with Crippen LogP contribution in [0.15, 0.2) is 36.9 Å². The van der Waals surface area contributed by atoms with Crippen LogP contribution in [0.3, 0.4) is 0 Å². The van der Waals surface area contributed by atoms with Crippen LogP contribution in [0.2, 0.25) is 0 Å². The van der Waals surface area contributed by atoms with E-state index < -0.39 is 0 Å². The second-order valence-corrected chi connectivity index (χ2v) is 2.66. The summed E-state index contributed by atoms with van der Waals surface area (Å²) in [5.41, 5.74) is 7.24. The van der Waals surface area contributed by atoms with Gasteiger partial charge in [-0.05, 0) is 23.8 Å². The largest absolute Gasteiger partial charge is 0.399 e. The van der Waals surface area contributed by atoms with Crippen LogP contribution in [-0.2, 0) is 11.3 Å². The van der Waals surface area contributed by atoms with E-state index in [0.717, 1.165) is 11.3 Å². The lowest BCUT2D eigenvalue weighted by molar-refractivity contribution is -0.116. The first-order valence-corrected chi connectivity index (χ1v) is 3.97. The molecule has 0 aromatic heterocycles. The van der Waals surface area contributed by atoms with E-state index in [1.54, 1.807) is 12.1 Å². The van der Waals surface area contributed by atoms with Gasteiger partial charge in [0.15, 0.2) is 0 Å². The third-order valence-electron chi connectivity index (χ3n) is 1.63. The molecule has 0 radical (unpaired) electrons. The molecule has 0 aliphatic rings. The molecule has 1 rings (SSSR count). The van der Waals surface area contributed by atoms with Crippen LogP contribution in [0, 0.1) is 0 Å². The molecule has 0 aliphatic heterocycles. The summed E-state index contributed by atoms with van der Waals surface area (Å²) in [6, 6.07) is 7.35. The van der Waals surface area contributed by atoms with Gasteiger partial charge in [-0.15, -0.1) is 12.4 Å². The molecule has 4 heteroatoms. The highest BCUT2D eigenvalue weighted by Gasteiger charge is 1.94. The van der Waals surface area contributed by atoms with E-state index in [4.69, 9.17) is 5.73 Å². The monoisotopic (exact) mass is 212 g/mol. The first kappa shape index (κ1) is 12.5. The zero-order valence-corrected chi connectivity index (χ0v) is 8.51. The summed E-state index contributed by atoms with van der Waals surface area (Å²) in [6.07, 6.45) is 1.25. The minimum absolute atomic E-state index is 0. The van der Waals surface area contributed by atoms with Gasteiger partial charge in [-0.3, -0.25) is 4.79 Å². The lowest BCUT2D eigenvalue weighted by Gasteiger charge is -2.02. The molecule has 1 amide bonds. The molecule has 76 valence electrons. The van der Waals surface area contributed by atoms with E-state index in [2.05, 4.69) is 11.9 Å². The molecular weight excluding hydrogens is 200 g/mol. The number of benzene rings is 1. The summed E-state index contributed by atoms with van der Waals surface area (Å²) in [7, 11) is 0. The first-order chi connectivity index (χ1) is 6.22. The Kier molecular flexibility index (Phi) is 5.41. The maximum atomic E-state index is 10.8. The molecular formula is C10H13ClN2O. The summed E-state index contributed by atoms with van der Waals surface area (Å²) in [4.78, 5) is 10.8. The van der Waals surface area contributed by atoms with Crippen molar-refractivity contribution in [1.29, 1.82) is 0 Å². The van der Waals surface area contributed by atoms with Crippen molar-refractivity contribution in [3.63, 3.8) is 0 Å². The molecule has 1 aromatic rings. The predicted molar refractivity (Wildman–Crippen MR) is 60.1 cm³/mol. The van der Waals surface area contributed by atoms with E-state index in [1.807, 2.05) is 12.1 Å². The van der Waals surface area contributed by atoms with Crippen molar-refractivity contribution in [2.75, 3.05) is 5.73 Å². The normalized spacial score (nSPS) is 8.57. The maximum absolute atomic E-state index is 10.8. The van der Waals surface area contributed by atoms with E-state index >= 15 is 0 Å². The van der Waals surface area contributed by atoms with Gasteiger partial charge in [0.1, 0.15) is 0 Å². The van der Waals surface area contributed by atoms with Crippen molar-refractivity contribution in [3.8, 4) is 0 Å². The summed E-state index contributed by atoms with van der Waals surface area (Å²) in [5, 5.41) is 2.67. The topological polar surface area (TPSA) is 55.1 Å². The van der Waals surface area contributed by atoms with E-state index in [9.17, 15) is 4.79 Å². The molecule has 0 saturated carbocycles. The van der Waals surface area contributed by atoms with Gasteiger partial charge in [0.25, 0.3) is 0 Å². The average Bonchev–Trinajstić information content (AvgIpc) is 2.16. The fourth-order valence-electron chi connectivity index (χ4n) is 0.897. The molecule has 0 aliphatic carbocycles. The van der Waals surface area contributed by atoms with Gasteiger partial charge in [-0.25, -0.2) is 0 Å². The molecule has 3 nitrogen and oxygen atoms in total. The minimum Gasteiger partial charge on any atom is -0.399 e. The van der Waals surface area contributed by atoms with Gasteiger partial charge >= 0.3 is 0 Å². The molecule has 0 spiro atoms. The van der Waals surface area contributed by atoms with Gasteiger partial charge in [0, 0.05) is 12.2 Å². The fourth-order valence-corrected chi connectivity index (χ4v) is 0.897. The van der Waals surface area contributed by atoms with E-state index in [-0.39, 0.29) is 18.3 Å². The third kappa shape index (κ3) is 3.96. The molecule has 0 saturated heterocycles. The van der Waals surface area contributed by atoms with Crippen LogP contribution in [0.1, 0.15) is 5.56 Å². The molecule has 0 fully saturated rings. The number of anilines is 1. The van der Waals surface area contributed by atoms with Crippen molar-refractivity contribution in [1.82, 2.24) is 5.32 Å². The third-order valence-corrected chi connectivity index (χ3v) is 1.63. The maximum Gasteiger partial charge on any atom is 0.243 e. The molecule has 14 heavy (non-hydrogen) atoms.